The molecule has 0 spiro atoms. The summed E-state index contributed by atoms with van der Waals surface area (Å²) in [6.07, 6.45) is 0. The zero-order valence-electron chi connectivity index (χ0n) is 27.3. The van der Waals surface area contributed by atoms with Crippen LogP contribution in [0.2, 0.25) is 0 Å². The maximum atomic E-state index is 2.44. The van der Waals surface area contributed by atoms with Crippen molar-refractivity contribution in [2.24, 2.45) is 0 Å². The van der Waals surface area contributed by atoms with Crippen molar-refractivity contribution in [2.45, 2.75) is 6.92 Å². The van der Waals surface area contributed by atoms with Gasteiger partial charge in [0.2, 0.25) is 0 Å². The number of aryl methyl sites for hydroxylation is 1. The highest BCUT2D eigenvalue weighted by molar-refractivity contribution is 6.14. The Morgan fingerprint density at radius 2 is 0.918 bits per heavy atom. The number of aromatic nitrogens is 1. The summed E-state index contributed by atoms with van der Waals surface area (Å²) in [5, 5.41) is 5.04. The minimum atomic E-state index is 1.11. The third-order valence-electron chi connectivity index (χ3n) is 9.65. The second-order valence-corrected chi connectivity index (χ2v) is 12.7. The summed E-state index contributed by atoms with van der Waals surface area (Å²) in [4.78, 5) is 2.34. The summed E-state index contributed by atoms with van der Waals surface area (Å²) < 4.78 is 2.44. The zero-order chi connectivity index (χ0) is 32.7. The van der Waals surface area contributed by atoms with Crippen molar-refractivity contribution in [1.82, 2.24) is 4.57 Å². The molecule has 0 aliphatic heterocycles. The molecule has 0 unspecified atom stereocenters. The fraction of sp³-hybridized carbons (Fsp3) is 0.0213. The Hall–Kier alpha value is -6.38. The van der Waals surface area contributed by atoms with Gasteiger partial charge in [-0.1, -0.05) is 133 Å². The molecule has 0 saturated carbocycles. The van der Waals surface area contributed by atoms with E-state index in [4.69, 9.17) is 0 Å². The van der Waals surface area contributed by atoms with Gasteiger partial charge in [-0.3, -0.25) is 0 Å². The van der Waals surface area contributed by atoms with E-state index in [1.807, 2.05) is 0 Å². The highest BCUT2D eigenvalue weighted by atomic mass is 15.1. The number of benzene rings is 8. The Morgan fingerprint density at radius 3 is 1.63 bits per heavy atom. The van der Waals surface area contributed by atoms with Gasteiger partial charge in [0.05, 0.1) is 16.7 Å². The Balaban J connectivity index is 1.15. The number of rotatable bonds is 6. The molecule has 0 atom stereocenters. The quantitative estimate of drug-likeness (QED) is 0.178. The summed E-state index contributed by atoms with van der Waals surface area (Å²) in [6.45, 7) is 2.13. The maximum Gasteiger partial charge on any atom is 0.0547 e. The summed E-state index contributed by atoms with van der Waals surface area (Å²) in [7, 11) is 0. The van der Waals surface area contributed by atoms with Crippen LogP contribution in [0.15, 0.2) is 188 Å². The minimum absolute atomic E-state index is 1.11. The highest BCUT2D eigenvalue weighted by Crippen LogP contribution is 2.40. The van der Waals surface area contributed by atoms with Crippen LogP contribution in [0.4, 0.5) is 17.1 Å². The predicted octanol–water partition coefficient (Wildman–Crippen LogP) is 13.0. The molecular weight excluding hydrogens is 593 g/mol. The fourth-order valence-electron chi connectivity index (χ4n) is 7.19. The smallest absolute Gasteiger partial charge is 0.0547 e. The Bertz CT molecular complexity index is 2580. The van der Waals surface area contributed by atoms with Crippen LogP contribution in [-0.4, -0.2) is 4.57 Å². The number of anilines is 3. The molecule has 0 saturated heterocycles. The van der Waals surface area contributed by atoms with Crippen LogP contribution in [0, 0.1) is 6.92 Å². The molecule has 232 valence electrons. The molecule has 9 aromatic rings. The van der Waals surface area contributed by atoms with Gasteiger partial charge in [-0.05, 0) is 95.1 Å². The molecule has 0 bridgehead atoms. The SMILES string of the molecule is Cc1ccc(N(c2ccc(-c3ccccc3)cc2)c2ccc(-c3ccccc3-n3c4ccccc4c4cc5ccccc5cc43)cc2)cc1. The third-order valence-corrected chi connectivity index (χ3v) is 9.65. The summed E-state index contributed by atoms with van der Waals surface area (Å²) in [5.74, 6) is 0. The van der Waals surface area contributed by atoms with E-state index in [-0.39, 0.29) is 0 Å². The van der Waals surface area contributed by atoms with Crippen molar-refractivity contribution in [1.29, 1.82) is 0 Å². The number of hydrogen-bond donors (Lipinski definition) is 0. The summed E-state index contributed by atoms with van der Waals surface area (Å²) in [5.41, 5.74) is 13.0. The van der Waals surface area contributed by atoms with Crippen molar-refractivity contribution in [3.63, 3.8) is 0 Å². The molecule has 9 rings (SSSR count). The van der Waals surface area contributed by atoms with Crippen LogP contribution in [0.3, 0.4) is 0 Å². The van der Waals surface area contributed by atoms with Crippen molar-refractivity contribution in [3.05, 3.63) is 194 Å². The molecular formula is C47H34N2. The number of hydrogen-bond acceptors (Lipinski definition) is 1. The highest BCUT2D eigenvalue weighted by Gasteiger charge is 2.17. The van der Waals surface area contributed by atoms with Crippen molar-refractivity contribution < 1.29 is 0 Å². The first-order valence-corrected chi connectivity index (χ1v) is 16.9. The molecule has 2 nitrogen and oxygen atoms in total. The lowest BCUT2D eigenvalue weighted by molar-refractivity contribution is 1.18. The van der Waals surface area contributed by atoms with E-state index < -0.39 is 0 Å². The van der Waals surface area contributed by atoms with E-state index in [2.05, 4.69) is 204 Å². The topological polar surface area (TPSA) is 8.17 Å². The first-order chi connectivity index (χ1) is 24.2. The van der Waals surface area contributed by atoms with Crippen LogP contribution < -0.4 is 4.90 Å². The predicted molar refractivity (Wildman–Crippen MR) is 209 cm³/mol. The van der Waals surface area contributed by atoms with Gasteiger partial charge in [-0.15, -0.1) is 0 Å². The van der Waals surface area contributed by atoms with Gasteiger partial charge in [0.25, 0.3) is 0 Å². The van der Waals surface area contributed by atoms with Gasteiger partial charge in [0.1, 0.15) is 0 Å². The fourth-order valence-corrected chi connectivity index (χ4v) is 7.19. The van der Waals surface area contributed by atoms with Gasteiger partial charge >= 0.3 is 0 Å². The van der Waals surface area contributed by atoms with Gasteiger partial charge in [-0.25, -0.2) is 0 Å². The molecule has 8 aromatic carbocycles. The van der Waals surface area contributed by atoms with Crippen molar-refractivity contribution in [2.75, 3.05) is 4.90 Å². The van der Waals surface area contributed by atoms with E-state index >= 15 is 0 Å². The molecule has 1 heterocycles. The van der Waals surface area contributed by atoms with Crippen LogP contribution in [0.5, 0.6) is 0 Å². The van der Waals surface area contributed by atoms with Crippen LogP contribution in [0.1, 0.15) is 5.56 Å². The Labute approximate surface area is 286 Å². The zero-order valence-corrected chi connectivity index (χ0v) is 27.3. The van der Waals surface area contributed by atoms with E-state index in [9.17, 15) is 0 Å². The number of fused-ring (bicyclic) bond motifs is 4. The van der Waals surface area contributed by atoms with Gasteiger partial charge in [0.15, 0.2) is 0 Å². The average Bonchev–Trinajstić information content (AvgIpc) is 3.48. The summed E-state index contributed by atoms with van der Waals surface area (Å²) >= 11 is 0. The maximum absolute atomic E-state index is 2.44. The average molecular weight is 627 g/mol. The first-order valence-electron chi connectivity index (χ1n) is 16.9. The van der Waals surface area contributed by atoms with Crippen LogP contribution >= 0.6 is 0 Å². The minimum Gasteiger partial charge on any atom is -0.311 e. The van der Waals surface area contributed by atoms with Gasteiger partial charge in [0, 0.05) is 33.4 Å². The van der Waals surface area contributed by atoms with E-state index in [0.29, 0.717) is 0 Å². The molecule has 0 fully saturated rings. The van der Waals surface area contributed by atoms with Crippen molar-refractivity contribution in [3.8, 4) is 27.9 Å². The molecule has 1 aromatic heterocycles. The summed E-state index contributed by atoms with van der Waals surface area (Å²) in [6, 6.07) is 68.1. The Kier molecular flexibility index (Phi) is 7.06. The molecule has 0 radical (unpaired) electrons. The first kappa shape index (κ1) is 28.8. The van der Waals surface area contributed by atoms with E-state index in [0.717, 1.165) is 17.1 Å². The molecule has 49 heavy (non-hydrogen) atoms. The Morgan fingerprint density at radius 1 is 0.388 bits per heavy atom. The van der Waals surface area contributed by atoms with Crippen LogP contribution in [0.25, 0.3) is 60.5 Å². The molecule has 2 heteroatoms. The van der Waals surface area contributed by atoms with Crippen LogP contribution in [-0.2, 0) is 0 Å². The lowest BCUT2D eigenvalue weighted by Crippen LogP contribution is -2.09. The standard InChI is InChI=1S/C47H34N2/c1-33-19-25-39(26-20-33)48(40-27-21-35(22-28-40)34-11-3-2-4-12-34)41-29-23-36(24-30-41)42-15-7-9-17-45(42)49-46-18-10-8-16-43(46)44-31-37-13-5-6-14-38(37)32-47(44)49/h2-32H,1H3. The molecule has 0 aliphatic rings. The van der Waals surface area contributed by atoms with Crippen molar-refractivity contribution >= 4 is 49.6 Å². The largest absolute Gasteiger partial charge is 0.311 e. The number of para-hydroxylation sites is 2. The number of nitrogens with zero attached hydrogens (tertiary/aromatic N) is 2. The molecule has 0 aliphatic carbocycles. The lowest BCUT2D eigenvalue weighted by atomic mass is 10.0. The van der Waals surface area contributed by atoms with Gasteiger partial charge < -0.3 is 9.47 Å². The second kappa shape index (κ2) is 12.0. The monoisotopic (exact) mass is 626 g/mol. The van der Waals surface area contributed by atoms with E-state index in [1.54, 1.807) is 0 Å². The second-order valence-electron chi connectivity index (χ2n) is 12.7. The normalized spacial score (nSPS) is 11.4. The van der Waals surface area contributed by atoms with E-state index in [1.165, 1.54) is 66.1 Å². The lowest BCUT2D eigenvalue weighted by Gasteiger charge is -2.26. The molecule has 0 N–H and O–H groups in total. The van der Waals surface area contributed by atoms with Gasteiger partial charge in [-0.2, -0.15) is 0 Å². The molecule has 0 amide bonds. The third kappa shape index (κ3) is 5.15.